The van der Waals surface area contributed by atoms with Crippen LogP contribution in [0.3, 0.4) is 0 Å². The molecule has 0 aliphatic heterocycles. The number of fused-ring (bicyclic) bond motifs is 1. The Morgan fingerprint density at radius 3 is 2.50 bits per heavy atom. The second-order valence-electron chi connectivity index (χ2n) is 8.65. The summed E-state index contributed by atoms with van der Waals surface area (Å²) in [5.41, 5.74) is -0.000480. The molecule has 0 saturated heterocycles. The third kappa shape index (κ3) is 7.02. The molecule has 0 aliphatic carbocycles. The predicted molar refractivity (Wildman–Crippen MR) is 122 cm³/mol. The maximum atomic E-state index is 12.1. The Labute approximate surface area is 186 Å². The molecule has 176 valence electrons. The van der Waals surface area contributed by atoms with Crippen LogP contribution in [-0.4, -0.2) is 54.4 Å². The van der Waals surface area contributed by atoms with Crippen molar-refractivity contribution >= 4 is 38.4 Å². The molecular formula is C20H29N5O6S. The van der Waals surface area contributed by atoms with E-state index in [1.54, 1.807) is 24.3 Å². The molecule has 0 bridgehead atoms. The second kappa shape index (κ2) is 10.1. The van der Waals surface area contributed by atoms with Gasteiger partial charge in [0.05, 0.1) is 16.7 Å². The number of nitro groups is 1. The van der Waals surface area contributed by atoms with Gasteiger partial charge in [-0.3, -0.25) is 10.1 Å². The van der Waals surface area contributed by atoms with Gasteiger partial charge in [0.1, 0.15) is 11.9 Å². The molecule has 32 heavy (non-hydrogen) atoms. The zero-order chi connectivity index (χ0) is 24.1. The van der Waals surface area contributed by atoms with Gasteiger partial charge in [-0.1, -0.05) is 39.0 Å². The molecule has 1 amide bonds. The van der Waals surface area contributed by atoms with E-state index in [4.69, 9.17) is 5.11 Å². The smallest absolute Gasteiger partial charge is 0.404 e. The van der Waals surface area contributed by atoms with Crippen LogP contribution in [-0.2, 0) is 10.0 Å². The number of pyridine rings is 1. The van der Waals surface area contributed by atoms with Crippen molar-refractivity contribution in [3.8, 4) is 0 Å². The minimum atomic E-state index is -3.60. The quantitative estimate of drug-likeness (QED) is 0.235. The number of aromatic nitrogens is 1. The van der Waals surface area contributed by atoms with Crippen LogP contribution in [0.2, 0.25) is 0 Å². The van der Waals surface area contributed by atoms with E-state index < -0.39 is 38.5 Å². The summed E-state index contributed by atoms with van der Waals surface area (Å²) in [5, 5.41) is 26.6. The lowest BCUT2D eigenvalue weighted by Crippen LogP contribution is -2.53. The maximum Gasteiger partial charge on any atom is 0.404 e. The largest absolute Gasteiger partial charge is 0.465 e. The molecule has 4 N–H and O–H groups in total. The van der Waals surface area contributed by atoms with Crippen molar-refractivity contribution in [1.29, 1.82) is 0 Å². The molecule has 1 aromatic heterocycles. The molecule has 0 spiro atoms. The first-order valence-electron chi connectivity index (χ1n) is 10.0. The van der Waals surface area contributed by atoms with Crippen LogP contribution < -0.4 is 15.4 Å². The number of amides is 1. The minimum Gasteiger partial charge on any atom is -0.465 e. The predicted octanol–water partition coefficient (Wildman–Crippen LogP) is 2.94. The van der Waals surface area contributed by atoms with Crippen LogP contribution in [0.4, 0.5) is 16.2 Å². The van der Waals surface area contributed by atoms with Crippen LogP contribution in [0.1, 0.15) is 33.6 Å². The number of anilines is 1. The molecule has 12 heteroatoms. The summed E-state index contributed by atoms with van der Waals surface area (Å²) < 4.78 is 26.9. The van der Waals surface area contributed by atoms with E-state index in [-0.39, 0.29) is 17.9 Å². The zero-order valence-electron chi connectivity index (χ0n) is 18.5. The fourth-order valence-corrected chi connectivity index (χ4v) is 4.52. The molecule has 1 aromatic carbocycles. The summed E-state index contributed by atoms with van der Waals surface area (Å²) in [6.45, 7) is 5.74. The van der Waals surface area contributed by atoms with E-state index in [0.717, 1.165) is 6.26 Å². The topological polar surface area (TPSA) is 164 Å². The molecule has 0 fully saturated rings. The van der Waals surface area contributed by atoms with E-state index in [9.17, 15) is 23.3 Å². The van der Waals surface area contributed by atoms with Gasteiger partial charge in [0.15, 0.2) is 0 Å². The molecule has 0 saturated carbocycles. The summed E-state index contributed by atoms with van der Waals surface area (Å²) in [5.74, 6) is 0. The van der Waals surface area contributed by atoms with Gasteiger partial charge in [0.25, 0.3) is 0 Å². The Morgan fingerprint density at radius 2 is 1.94 bits per heavy atom. The fraction of sp³-hybridized carbons (Fsp3) is 0.500. The van der Waals surface area contributed by atoms with Gasteiger partial charge in [-0.25, -0.2) is 22.9 Å². The average Bonchev–Trinajstić information content (AvgIpc) is 2.66. The van der Waals surface area contributed by atoms with Crippen molar-refractivity contribution in [2.45, 2.75) is 45.7 Å². The Morgan fingerprint density at radius 1 is 1.28 bits per heavy atom. The second-order valence-corrected chi connectivity index (χ2v) is 10.4. The van der Waals surface area contributed by atoms with Crippen molar-refractivity contribution in [2.75, 3.05) is 18.1 Å². The lowest BCUT2D eigenvalue weighted by Gasteiger charge is -2.38. The Balaban J connectivity index is 2.53. The molecule has 0 radical (unpaired) electrons. The van der Waals surface area contributed by atoms with Gasteiger partial charge in [0, 0.05) is 24.0 Å². The third-order valence-corrected chi connectivity index (χ3v) is 5.61. The number of sulfonamides is 1. The van der Waals surface area contributed by atoms with E-state index in [1.165, 1.54) is 6.20 Å². The van der Waals surface area contributed by atoms with Gasteiger partial charge in [-0.05, 0) is 24.3 Å². The highest BCUT2D eigenvalue weighted by molar-refractivity contribution is 7.88. The fourth-order valence-electron chi connectivity index (χ4n) is 3.54. The molecule has 2 rings (SSSR count). The van der Waals surface area contributed by atoms with E-state index in [2.05, 4.69) is 20.3 Å². The standard InChI is InChI=1S/C20H29N5O6S/c1-20(2,3)18(24-32(4,30)31)15(10-7-11-21-19(26)27)23-17-13-8-5-6-9-14(13)22-12-16(17)25(28)29/h5-6,8-9,12,15,18,21,24H,7,10-11H2,1-4H3,(H,22,23)(H,26,27)/t15-,18?/m0/s1. The Bertz CT molecular complexity index is 1080. The molecule has 11 nitrogen and oxygen atoms in total. The van der Waals surface area contributed by atoms with Gasteiger partial charge >= 0.3 is 11.8 Å². The Kier molecular flexibility index (Phi) is 7.97. The van der Waals surface area contributed by atoms with Crippen molar-refractivity contribution < 1.29 is 23.2 Å². The molecular weight excluding hydrogens is 438 g/mol. The highest BCUT2D eigenvalue weighted by Crippen LogP contribution is 2.34. The number of carboxylic acid groups (broad SMARTS) is 1. The number of hydrogen-bond donors (Lipinski definition) is 4. The lowest BCUT2D eigenvalue weighted by atomic mass is 9.81. The monoisotopic (exact) mass is 467 g/mol. The summed E-state index contributed by atoms with van der Waals surface area (Å²) in [7, 11) is -3.60. The number of benzene rings is 1. The molecule has 1 unspecified atom stereocenters. The zero-order valence-corrected chi connectivity index (χ0v) is 19.3. The van der Waals surface area contributed by atoms with E-state index >= 15 is 0 Å². The minimum absolute atomic E-state index is 0.155. The van der Waals surface area contributed by atoms with Crippen LogP contribution in [0.5, 0.6) is 0 Å². The first-order valence-corrected chi connectivity index (χ1v) is 11.9. The van der Waals surface area contributed by atoms with E-state index in [1.807, 2.05) is 20.8 Å². The number of rotatable bonds is 10. The Hall–Kier alpha value is -2.99. The molecule has 0 aliphatic rings. The van der Waals surface area contributed by atoms with Gasteiger partial charge < -0.3 is 15.7 Å². The van der Waals surface area contributed by atoms with Crippen molar-refractivity contribution in [1.82, 2.24) is 15.0 Å². The van der Waals surface area contributed by atoms with Crippen LogP contribution in [0.15, 0.2) is 30.5 Å². The maximum absolute atomic E-state index is 12.1. The summed E-state index contributed by atoms with van der Waals surface area (Å²) in [4.78, 5) is 26.1. The van der Waals surface area contributed by atoms with Gasteiger partial charge in [0.2, 0.25) is 10.0 Å². The first kappa shape index (κ1) is 25.3. The summed E-state index contributed by atoms with van der Waals surface area (Å²) in [6, 6.07) is 5.71. The van der Waals surface area contributed by atoms with Crippen molar-refractivity contribution in [3.05, 3.63) is 40.6 Å². The normalized spacial score (nSPS) is 14.0. The molecule has 2 atom stereocenters. The number of nitrogens with zero attached hydrogens (tertiary/aromatic N) is 2. The average molecular weight is 468 g/mol. The van der Waals surface area contributed by atoms with Crippen LogP contribution in [0.25, 0.3) is 10.9 Å². The van der Waals surface area contributed by atoms with Crippen molar-refractivity contribution in [2.24, 2.45) is 5.41 Å². The highest BCUT2D eigenvalue weighted by atomic mass is 32.2. The van der Waals surface area contributed by atoms with E-state index in [0.29, 0.717) is 23.7 Å². The number of hydrogen-bond acceptors (Lipinski definition) is 7. The van der Waals surface area contributed by atoms with Crippen molar-refractivity contribution in [3.63, 3.8) is 0 Å². The van der Waals surface area contributed by atoms with Gasteiger partial charge in [-0.15, -0.1) is 0 Å². The SMILES string of the molecule is CC(C)(C)C(NS(C)(=O)=O)[C@H](CCCNC(=O)O)Nc1c([N+](=O)[O-])cnc2ccccc12. The third-order valence-electron chi connectivity index (χ3n) is 4.93. The summed E-state index contributed by atoms with van der Waals surface area (Å²) in [6.07, 6.45) is 1.80. The number of carbonyl (C=O) groups is 1. The summed E-state index contributed by atoms with van der Waals surface area (Å²) >= 11 is 0. The lowest BCUT2D eigenvalue weighted by molar-refractivity contribution is -0.384. The highest BCUT2D eigenvalue weighted by Gasteiger charge is 2.35. The number of para-hydroxylation sites is 1. The molecule has 1 heterocycles. The van der Waals surface area contributed by atoms with Crippen LogP contribution >= 0.6 is 0 Å². The number of nitrogens with one attached hydrogen (secondary N) is 3. The first-order chi connectivity index (χ1) is 14.8. The molecule has 2 aromatic rings. The van der Waals surface area contributed by atoms with Gasteiger partial charge in [-0.2, -0.15) is 0 Å². The van der Waals surface area contributed by atoms with Crippen LogP contribution in [0, 0.1) is 15.5 Å².